The van der Waals surface area contributed by atoms with E-state index in [1.165, 1.54) is 0 Å². The Kier molecular flexibility index (Phi) is 5.38. The van der Waals surface area contributed by atoms with E-state index >= 15 is 0 Å². The molecule has 2 aromatic rings. The molecule has 0 radical (unpaired) electrons. The van der Waals surface area contributed by atoms with Gasteiger partial charge in [0, 0.05) is 6.42 Å². The van der Waals surface area contributed by atoms with E-state index in [0.717, 1.165) is 0 Å². The number of benzene rings is 2. The van der Waals surface area contributed by atoms with Gasteiger partial charge in [0.1, 0.15) is 11.6 Å². The van der Waals surface area contributed by atoms with Crippen LogP contribution < -0.4 is 11.1 Å². The molecular formula is C16H13F2N3O4. The molecule has 0 unspecified atom stereocenters. The first-order chi connectivity index (χ1) is 11.8. The van der Waals surface area contributed by atoms with Crippen LogP contribution in [-0.4, -0.2) is 22.8 Å². The van der Waals surface area contributed by atoms with Crippen molar-refractivity contribution in [3.8, 4) is 0 Å². The highest BCUT2D eigenvalue weighted by atomic mass is 19.2. The van der Waals surface area contributed by atoms with Crippen molar-refractivity contribution in [2.45, 2.75) is 12.5 Å². The van der Waals surface area contributed by atoms with Crippen molar-refractivity contribution in [2.24, 2.45) is 5.73 Å². The molecule has 0 heterocycles. The summed E-state index contributed by atoms with van der Waals surface area (Å²) in [6, 6.07) is 8.12. The summed E-state index contributed by atoms with van der Waals surface area (Å²) in [5.41, 5.74) is 4.31. The minimum absolute atomic E-state index is 0.0411. The number of carbonyl (C=O) groups is 2. The van der Waals surface area contributed by atoms with Gasteiger partial charge in [0.2, 0.25) is 5.91 Å². The number of nitrogens with two attached hydrogens (primary N) is 1. The molecule has 0 aliphatic heterocycles. The molecule has 25 heavy (non-hydrogen) atoms. The van der Waals surface area contributed by atoms with E-state index in [0.29, 0.717) is 17.7 Å². The van der Waals surface area contributed by atoms with Crippen LogP contribution in [0.3, 0.4) is 0 Å². The predicted molar refractivity (Wildman–Crippen MR) is 83.6 cm³/mol. The molecule has 7 nitrogen and oxygen atoms in total. The van der Waals surface area contributed by atoms with Crippen molar-refractivity contribution in [3.63, 3.8) is 0 Å². The zero-order chi connectivity index (χ0) is 18.6. The fourth-order valence-electron chi connectivity index (χ4n) is 2.18. The van der Waals surface area contributed by atoms with Gasteiger partial charge in [-0.25, -0.2) is 8.78 Å². The van der Waals surface area contributed by atoms with Gasteiger partial charge in [0.05, 0.1) is 11.0 Å². The summed E-state index contributed by atoms with van der Waals surface area (Å²) in [6.45, 7) is 0. The Morgan fingerprint density at radius 3 is 2.32 bits per heavy atom. The van der Waals surface area contributed by atoms with Crippen LogP contribution in [0.25, 0.3) is 0 Å². The van der Waals surface area contributed by atoms with Crippen LogP contribution >= 0.6 is 0 Å². The summed E-state index contributed by atoms with van der Waals surface area (Å²) in [5, 5.41) is 13.2. The number of rotatable bonds is 6. The summed E-state index contributed by atoms with van der Waals surface area (Å²) < 4.78 is 26.5. The minimum Gasteiger partial charge on any atom is -0.368 e. The molecule has 2 amide bonds. The smallest absolute Gasteiger partial charge is 0.285 e. The third-order valence-electron chi connectivity index (χ3n) is 3.41. The number of nitro groups is 1. The molecule has 2 aromatic carbocycles. The number of nitrogens with zero attached hydrogens (tertiary/aromatic N) is 1. The highest BCUT2D eigenvalue weighted by molar-refractivity contribution is 6.00. The topological polar surface area (TPSA) is 115 Å². The zero-order valence-electron chi connectivity index (χ0n) is 12.7. The molecule has 0 aromatic heterocycles. The van der Waals surface area contributed by atoms with Gasteiger partial charge in [0.15, 0.2) is 11.6 Å². The van der Waals surface area contributed by atoms with Crippen molar-refractivity contribution in [2.75, 3.05) is 0 Å². The maximum absolute atomic E-state index is 13.4. The molecular weight excluding hydrogens is 336 g/mol. The molecule has 0 aliphatic rings. The molecule has 130 valence electrons. The van der Waals surface area contributed by atoms with Crippen LogP contribution in [0.2, 0.25) is 0 Å². The van der Waals surface area contributed by atoms with Crippen molar-refractivity contribution in [1.29, 1.82) is 0 Å². The minimum atomic E-state index is -1.46. The lowest BCUT2D eigenvalue weighted by Crippen LogP contribution is -2.46. The fraction of sp³-hybridized carbons (Fsp3) is 0.125. The second kappa shape index (κ2) is 7.47. The van der Waals surface area contributed by atoms with E-state index in [1.807, 2.05) is 0 Å². The van der Waals surface area contributed by atoms with Gasteiger partial charge >= 0.3 is 0 Å². The van der Waals surface area contributed by atoms with Crippen molar-refractivity contribution >= 4 is 17.5 Å². The van der Waals surface area contributed by atoms with Crippen LogP contribution in [0.4, 0.5) is 14.5 Å². The third-order valence-corrected chi connectivity index (χ3v) is 3.41. The van der Waals surface area contributed by atoms with Crippen molar-refractivity contribution in [1.82, 2.24) is 5.32 Å². The second-order valence-corrected chi connectivity index (χ2v) is 5.16. The Balaban J connectivity index is 2.28. The molecule has 9 heteroatoms. The first-order valence-electron chi connectivity index (χ1n) is 7.07. The Morgan fingerprint density at radius 1 is 1.16 bits per heavy atom. The zero-order valence-corrected chi connectivity index (χ0v) is 12.7. The van der Waals surface area contributed by atoms with Gasteiger partial charge in [-0.15, -0.1) is 0 Å². The standard InChI is InChI=1S/C16H13F2N3O4/c17-11-7-10(14(21(24)25)8-12(11)18)16(23)20-13(15(19)22)6-9-4-2-1-3-5-9/h1-5,7-8,13H,6H2,(H2,19,22)(H,20,23)/t13-/m0/s1. The van der Waals surface area contributed by atoms with Gasteiger partial charge in [0.25, 0.3) is 11.6 Å². The van der Waals surface area contributed by atoms with Gasteiger partial charge in [-0.1, -0.05) is 30.3 Å². The molecule has 0 bridgehead atoms. The fourth-order valence-corrected chi connectivity index (χ4v) is 2.18. The summed E-state index contributed by atoms with van der Waals surface area (Å²) in [4.78, 5) is 33.7. The summed E-state index contributed by atoms with van der Waals surface area (Å²) in [6.07, 6.45) is 0.0411. The molecule has 0 fully saturated rings. The normalized spacial score (nSPS) is 11.6. The first-order valence-corrected chi connectivity index (χ1v) is 7.07. The summed E-state index contributed by atoms with van der Waals surface area (Å²) >= 11 is 0. The lowest BCUT2D eigenvalue weighted by atomic mass is 10.0. The van der Waals surface area contributed by atoms with E-state index in [1.54, 1.807) is 30.3 Å². The molecule has 0 spiro atoms. The van der Waals surface area contributed by atoms with E-state index in [2.05, 4.69) is 5.32 Å². The largest absolute Gasteiger partial charge is 0.368 e. The van der Waals surface area contributed by atoms with Crippen molar-refractivity contribution < 1.29 is 23.3 Å². The summed E-state index contributed by atoms with van der Waals surface area (Å²) in [5.74, 6) is -4.86. The third kappa shape index (κ3) is 4.34. The highest BCUT2D eigenvalue weighted by Crippen LogP contribution is 2.22. The monoisotopic (exact) mass is 349 g/mol. The van der Waals surface area contributed by atoms with E-state index in [9.17, 15) is 28.5 Å². The van der Waals surface area contributed by atoms with Crippen LogP contribution in [0, 0.1) is 21.7 Å². The number of amides is 2. The van der Waals surface area contributed by atoms with Gasteiger partial charge in [-0.3, -0.25) is 19.7 Å². The molecule has 3 N–H and O–H groups in total. The molecule has 0 saturated heterocycles. The van der Waals surface area contributed by atoms with Crippen molar-refractivity contribution in [3.05, 3.63) is 75.3 Å². The average Bonchev–Trinajstić information content (AvgIpc) is 2.56. The van der Waals surface area contributed by atoms with Crippen LogP contribution in [0.5, 0.6) is 0 Å². The molecule has 0 aliphatic carbocycles. The van der Waals surface area contributed by atoms with Crippen LogP contribution in [0.15, 0.2) is 42.5 Å². The Hall–Kier alpha value is -3.36. The van der Waals surface area contributed by atoms with E-state index in [4.69, 9.17) is 5.73 Å². The number of nitro benzene ring substituents is 1. The number of hydrogen-bond donors (Lipinski definition) is 2. The molecule has 2 rings (SSSR count). The highest BCUT2D eigenvalue weighted by Gasteiger charge is 2.27. The predicted octanol–water partition coefficient (Wildman–Crippen LogP) is 1.70. The van der Waals surface area contributed by atoms with Gasteiger partial charge < -0.3 is 11.1 Å². The van der Waals surface area contributed by atoms with Crippen LogP contribution in [0.1, 0.15) is 15.9 Å². The number of primary amides is 1. The number of hydrogen-bond acceptors (Lipinski definition) is 4. The maximum Gasteiger partial charge on any atom is 0.285 e. The SMILES string of the molecule is NC(=O)[C@H](Cc1ccccc1)NC(=O)c1cc(F)c(F)cc1[N+](=O)[O-]. The first kappa shape index (κ1) is 18.0. The summed E-state index contributed by atoms with van der Waals surface area (Å²) in [7, 11) is 0. The number of halogens is 2. The molecule has 1 atom stereocenters. The quantitative estimate of drug-likeness (QED) is 0.610. The average molecular weight is 349 g/mol. The lowest BCUT2D eigenvalue weighted by molar-refractivity contribution is -0.385. The van der Waals surface area contributed by atoms with Gasteiger partial charge in [-0.2, -0.15) is 0 Å². The molecule has 0 saturated carbocycles. The Labute approximate surface area is 140 Å². The lowest BCUT2D eigenvalue weighted by Gasteiger charge is -2.15. The number of nitrogens with one attached hydrogen (secondary N) is 1. The van der Waals surface area contributed by atoms with E-state index in [-0.39, 0.29) is 6.42 Å². The van der Waals surface area contributed by atoms with Gasteiger partial charge in [-0.05, 0) is 11.6 Å². The van der Waals surface area contributed by atoms with E-state index < -0.39 is 45.7 Å². The maximum atomic E-state index is 13.4. The number of carbonyl (C=O) groups excluding carboxylic acids is 2. The van der Waals surface area contributed by atoms with Crippen LogP contribution in [-0.2, 0) is 11.2 Å². The Bertz CT molecular complexity index is 828. The Morgan fingerprint density at radius 2 is 1.76 bits per heavy atom. The second-order valence-electron chi connectivity index (χ2n) is 5.16.